The summed E-state index contributed by atoms with van der Waals surface area (Å²) in [6, 6.07) is 132. The molecule has 0 unspecified atom stereocenters. The molecular formula is C99H75BN2. The van der Waals surface area contributed by atoms with Crippen LogP contribution in [0.2, 0.25) is 0 Å². The van der Waals surface area contributed by atoms with Crippen LogP contribution in [0.25, 0.3) is 100 Å². The molecule has 3 heteroatoms. The lowest BCUT2D eigenvalue weighted by molar-refractivity contribution is 0.590. The van der Waals surface area contributed by atoms with Crippen LogP contribution in [0.5, 0.6) is 0 Å². The number of fused-ring (bicyclic) bond motifs is 14. The van der Waals surface area contributed by atoms with E-state index in [-0.39, 0.29) is 17.5 Å². The average Bonchev–Trinajstić information content (AvgIpc) is 1.40. The van der Waals surface area contributed by atoms with E-state index in [1.54, 1.807) is 0 Å². The number of nitrogens with zero attached hydrogens (tertiary/aromatic N) is 2. The first-order chi connectivity index (χ1) is 49.9. The monoisotopic (exact) mass is 1300 g/mol. The predicted octanol–water partition coefficient (Wildman–Crippen LogP) is 24.4. The highest BCUT2D eigenvalue weighted by atomic mass is 15.2. The Kier molecular flexibility index (Phi) is 14.1. The maximum Gasteiger partial charge on any atom is 0.252 e. The topological polar surface area (TPSA) is 6.48 Å². The normalized spacial score (nSPS) is 13.4. The fourth-order valence-corrected chi connectivity index (χ4v) is 17.7. The van der Waals surface area contributed by atoms with E-state index in [1.807, 2.05) is 0 Å². The number of hydrogen-bond donors (Lipinski definition) is 0. The molecule has 0 atom stereocenters. The highest BCUT2D eigenvalue weighted by molar-refractivity contribution is 7.00. The third-order valence-corrected chi connectivity index (χ3v) is 22.4. The van der Waals surface area contributed by atoms with Crippen molar-refractivity contribution in [3.05, 3.63) is 379 Å². The zero-order valence-corrected chi connectivity index (χ0v) is 58.4. The maximum absolute atomic E-state index is 2.75. The van der Waals surface area contributed by atoms with E-state index in [0.717, 1.165) is 84.1 Å². The zero-order chi connectivity index (χ0) is 68.6. The van der Waals surface area contributed by atoms with Crippen LogP contribution in [0.4, 0.5) is 34.1 Å². The first kappa shape index (κ1) is 61.1. The van der Waals surface area contributed by atoms with Crippen molar-refractivity contribution in [2.75, 3.05) is 9.80 Å². The van der Waals surface area contributed by atoms with Gasteiger partial charge >= 0.3 is 0 Å². The van der Waals surface area contributed by atoms with Crippen molar-refractivity contribution in [3.8, 4) is 100 Å². The van der Waals surface area contributed by atoms with E-state index in [1.165, 1.54) is 100.0 Å². The van der Waals surface area contributed by atoms with Gasteiger partial charge in [-0.15, -0.1) is 0 Å². The molecule has 0 fully saturated rings. The summed E-state index contributed by atoms with van der Waals surface area (Å²) in [6.45, 7) is 13.9. The lowest BCUT2D eigenvalue weighted by Gasteiger charge is -2.46. The van der Waals surface area contributed by atoms with Crippen molar-refractivity contribution in [2.45, 2.75) is 57.8 Å². The summed E-state index contributed by atoms with van der Waals surface area (Å²) in [7, 11) is 0. The minimum Gasteiger partial charge on any atom is -0.310 e. The van der Waals surface area contributed by atoms with Gasteiger partial charge in [0.05, 0.1) is 16.8 Å². The summed E-state index contributed by atoms with van der Waals surface area (Å²) in [5.41, 5.74) is 39.1. The van der Waals surface area contributed by atoms with Gasteiger partial charge in [0.25, 0.3) is 6.71 Å². The number of rotatable bonds is 9. The van der Waals surface area contributed by atoms with Gasteiger partial charge < -0.3 is 9.80 Å². The molecule has 0 saturated heterocycles. The Hall–Kier alpha value is -12.0. The molecule has 0 N–H and O–H groups in total. The van der Waals surface area contributed by atoms with Crippen LogP contribution in [0.1, 0.15) is 74.9 Å². The molecule has 1 spiro atoms. The van der Waals surface area contributed by atoms with Crippen molar-refractivity contribution in [3.63, 3.8) is 0 Å². The Labute approximate surface area is 600 Å². The van der Waals surface area contributed by atoms with Gasteiger partial charge in [0.2, 0.25) is 0 Å². The maximum atomic E-state index is 2.75. The fourth-order valence-electron chi connectivity index (χ4n) is 17.7. The van der Waals surface area contributed by atoms with E-state index in [4.69, 9.17) is 0 Å². The molecule has 2 heterocycles. The molecule has 19 rings (SSSR count). The summed E-state index contributed by atoms with van der Waals surface area (Å²) in [5, 5.41) is 0. The minimum atomic E-state index is -0.579. The van der Waals surface area contributed by atoms with Gasteiger partial charge in [-0.3, -0.25) is 0 Å². The number of hydrogen-bond acceptors (Lipinski definition) is 2. The van der Waals surface area contributed by atoms with Gasteiger partial charge in [0.1, 0.15) is 0 Å². The Bertz CT molecular complexity index is 5640. The molecule has 0 radical (unpaired) electrons. The van der Waals surface area contributed by atoms with Gasteiger partial charge in [-0.25, -0.2) is 0 Å². The smallest absolute Gasteiger partial charge is 0.252 e. The second-order valence-corrected chi connectivity index (χ2v) is 30.2. The molecule has 0 amide bonds. The van der Waals surface area contributed by atoms with Crippen LogP contribution in [-0.2, 0) is 16.2 Å². The summed E-state index contributed by atoms with van der Waals surface area (Å²) < 4.78 is 0. The first-order valence-corrected chi connectivity index (χ1v) is 36.1. The molecule has 102 heavy (non-hydrogen) atoms. The molecule has 15 aromatic rings. The van der Waals surface area contributed by atoms with Crippen LogP contribution in [0.3, 0.4) is 0 Å². The third-order valence-electron chi connectivity index (χ3n) is 22.4. The van der Waals surface area contributed by atoms with E-state index >= 15 is 0 Å². The molecule has 15 aromatic carbocycles. The average molecular weight is 1300 g/mol. The van der Waals surface area contributed by atoms with E-state index in [0.29, 0.717) is 0 Å². The minimum absolute atomic E-state index is 0.000859. The van der Waals surface area contributed by atoms with E-state index in [2.05, 4.69) is 397 Å². The molecule has 2 nitrogen and oxygen atoms in total. The van der Waals surface area contributed by atoms with Gasteiger partial charge in [0.15, 0.2) is 0 Å². The highest BCUT2D eigenvalue weighted by Crippen LogP contribution is 2.65. The van der Waals surface area contributed by atoms with E-state index in [9.17, 15) is 0 Å². The molecule has 0 bridgehead atoms. The molecule has 4 aliphatic rings. The lowest BCUT2D eigenvalue weighted by Crippen LogP contribution is -2.61. The Morgan fingerprint density at radius 2 is 0.618 bits per heavy atom. The number of benzene rings is 15. The van der Waals surface area contributed by atoms with Crippen molar-refractivity contribution in [1.82, 2.24) is 0 Å². The number of anilines is 6. The Balaban J connectivity index is 0.975. The Morgan fingerprint density at radius 1 is 0.235 bits per heavy atom. The van der Waals surface area contributed by atoms with Crippen LogP contribution in [0, 0.1) is 0 Å². The van der Waals surface area contributed by atoms with E-state index < -0.39 is 5.41 Å². The van der Waals surface area contributed by atoms with Gasteiger partial charge in [-0.2, -0.15) is 0 Å². The van der Waals surface area contributed by atoms with Crippen LogP contribution >= 0.6 is 0 Å². The standard InChI is InChI=1S/C99H75BN2/c1-97(2,3)73-54-50-65(51-55-73)70-53-57-89-88(60-70)100-87-56-52-71(75-43-28-46-81-80-42-24-27-49-86(80)99(93(75)81)84-47-25-22-40-78(84)79-41-23-26-48-85(79)99)61-90(87)102(96-82(68-36-18-10-19-37-68)58-72(64-30-12-7-13-31-64)59-83(96)69-38-20-11-21-39-69)92-63-74(98(4,5)6)62-91(94(92)100)101(89)95-76(66-32-14-8-15-33-66)44-29-45-77(95)67-34-16-9-17-35-67/h7-63H,1-6H3. The van der Waals surface area contributed by atoms with Gasteiger partial charge in [-0.05, 0) is 175 Å². The van der Waals surface area contributed by atoms with Crippen LogP contribution in [0.15, 0.2) is 346 Å². The largest absolute Gasteiger partial charge is 0.310 e. The summed E-state index contributed by atoms with van der Waals surface area (Å²) in [5.74, 6) is 0. The van der Waals surface area contributed by atoms with Crippen molar-refractivity contribution in [1.29, 1.82) is 0 Å². The number of para-hydroxylation sites is 1. The molecule has 0 aromatic heterocycles. The van der Waals surface area contributed by atoms with Crippen molar-refractivity contribution < 1.29 is 0 Å². The van der Waals surface area contributed by atoms with Crippen LogP contribution < -0.4 is 26.2 Å². The zero-order valence-electron chi connectivity index (χ0n) is 58.4. The third kappa shape index (κ3) is 9.48. The summed E-state index contributed by atoms with van der Waals surface area (Å²) in [4.78, 5) is 5.43. The SMILES string of the molecule is CC(C)(C)c1ccc(-c2ccc3c(c2)B2c4ccc(-c5cccc6c5C5(c7ccccc7-c7ccccc75)c5ccccc5-6)cc4N(c4c(-c5ccccc5)cc(-c5ccccc5)cc4-c4ccccc4)c4cc(C(C)(C)C)cc(c42)N3c2c(-c3ccccc3)cccc2-c2ccccc2)cc1. The molecule has 484 valence electrons. The fraction of sp³-hybridized carbons (Fsp3) is 0.0909. The highest BCUT2D eigenvalue weighted by Gasteiger charge is 2.53. The second kappa shape index (κ2) is 23.6. The van der Waals surface area contributed by atoms with Crippen LogP contribution in [-0.4, -0.2) is 6.71 Å². The predicted molar refractivity (Wildman–Crippen MR) is 432 cm³/mol. The molecule has 2 aliphatic carbocycles. The molecule has 2 aliphatic heterocycles. The van der Waals surface area contributed by atoms with Gasteiger partial charge in [0, 0.05) is 45.0 Å². The quantitative estimate of drug-likeness (QED) is 0.133. The summed E-state index contributed by atoms with van der Waals surface area (Å²) in [6.07, 6.45) is 0. The van der Waals surface area contributed by atoms with Gasteiger partial charge in [-0.1, -0.05) is 351 Å². The summed E-state index contributed by atoms with van der Waals surface area (Å²) >= 11 is 0. The lowest BCUT2D eigenvalue weighted by atomic mass is 9.33. The first-order valence-electron chi connectivity index (χ1n) is 36.1. The van der Waals surface area contributed by atoms with Crippen molar-refractivity contribution >= 4 is 57.2 Å². The molecule has 0 saturated carbocycles. The Morgan fingerprint density at radius 3 is 1.12 bits per heavy atom. The second-order valence-electron chi connectivity index (χ2n) is 30.2. The van der Waals surface area contributed by atoms with Crippen molar-refractivity contribution in [2.24, 2.45) is 0 Å². The molecular weight excluding hydrogens is 1230 g/mol.